The molecule has 0 unspecified atom stereocenters. The molecule has 0 saturated heterocycles. The first kappa shape index (κ1) is 15.0. The molecule has 1 aromatic rings. The number of rotatable bonds is 3. The van der Waals surface area contributed by atoms with Gasteiger partial charge in [0.25, 0.3) is 0 Å². The molecular weight excluding hydrogens is 313 g/mol. The number of nitrogens with zero attached hydrogens (tertiary/aromatic N) is 1. The van der Waals surface area contributed by atoms with Crippen molar-refractivity contribution in [3.63, 3.8) is 0 Å². The van der Waals surface area contributed by atoms with Gasteiger partial charge in [-0.3, -0.25) is 13.9 Å². The Hall–Kier alpha value is -1.96. The van der Waals surface area contributed by atoms with Crippen LogP contribution < -0.4 is 4.31 Å². The van der Waals surface area contributed by atoms with Crippen LogP contribution in [0.5, 0.6) is 0 Å². The Labute approximate surface area is 126 Å². The molecule has 1 aliphatic carbocycles. The molecular formula is C14H14FNO5S. The summed E-state index contributed by atoms with van der Waals surface area (Å²) in [5.41, 5.74) is -0.725. The Balaban J connectivity index is 2.05. The van der Waals surface area contributed by atoms with Gasteiger partial charge in [0.05, 0.1) is 24.8 Å². The average Bonchev–Trinajstić information content (AvgIpc) is 3.23. The molecule has 0 aromatic heterocycles. The van der Waals surface area contributed by atoms with Crippen LogP contribution in [0.3, 0.4) is 0 Å². The molecule has 1 aromatic carbocycles. The lowest BCUT2D eigenvalue weighted by Crippen LogP contribution is -2.45. The molecule has 1 fully saturated rings. The van der Waals surface area contributed by atoms with Crippen molar-refractivity contribution in [3.05, 3.63) is 29.6 Å². The van der Waals surface area contributed by atoms with Crippen LogP contribution in [0.2, 0.25) is 0 Å². The lowest BCUT2D eigenvalue weighted by molar-refractivity contribution is -0.146. The van der Waals surface area contributed by atoms with E-state index in [1.807, 2.05) is 0 Å². The fourth-order valence-corrected chi connectivity index (χ4v) is 4.22. The average molecular weight is 327 g/mol. The van der Waals surface area contributed by atoms with Crippen molar-refractivity contribution in [3.8, 4) is 0 Å². The molecule has 1 aliphatic heterocycles. The van der Waals surface area contributed by atoms with Gasteiger partial charge in [-0.25, -0.2) is 12.8 Å². The van der Waals surface area contributed by atoms with E-state index in [2.05, 4.69) is 0 Å². The van der Waals surface area contributed by atoms with Crippen molar-refractivity contribution in [1.29, 1.82) is 0 Å². The fourth-order valence-electron chi connectivity index (χ4n) is 2.67. The van der Waals surface area contributed by atoms with Gasteiger partial charge < -0.3 is 4.74 Å². The summed E-state index contributed by atoms with van der Waals surface area (Å²) in [6.45, 7) is -0.0894. The fraction of sp³-hybridized carbons (Fsp3) is 0.429. The van der Waals surface area contributed by atoms with Crippen molar-refractivity contribution in [2.75, 3.05) is 23.7 Å². The molecule has 118 valence electrons. The molecule has 8 heteroatoms. The molecule has 2 aliphatic rings. The maximum atomic E-state index is 13.3. The molecule has 0 spiro atoms. The Morgan fingerprint density at radius 3 is 2.68 bits per heavy atom. The lowest BCUT2D eigenvalue weighted by atomic mass is 10.1. The van der Waals surface area contributed by atoms with Crippen LogP contribution in [-0.4, -0.2) is 39.6 Å². The van der Waals surface area contributed by atoms with E-state index in [4.69, 9.17) is 4.74 Å². The van der Waals surface area contributed by atoms with Crippen molar-refractivity contribution in [2.24, 2.45) is 5.41 Å². The quantitative estimate of drug-likeness (QED) is 0.777. The van der Waals surface area contributed by atoms with Crippen molar-refractivity contribution in [2.45, 2.75) is 12.8 Å². The highest BCUT2D eigenvalue weighted by Gasteiger charge is 2.54. The molecule has 0 atom stereocenters. The number of methoxy groups -OCH3 is 1. The van der Waals surface area contributed by atoms with Gasteiger partial charge in [-0.05, 0) is 31.0 Å². The number of ketones is 1. The Morgan fingerprint density at radius 1 is 1.41 bits per heavy atom. The van der Waals surface area contributed by atoms with Crippen molar-refractivity contribution >= 4 is 27.5 Å². The van der Waals surface area contributed by atoms with Gasteiger partial charge in [-0.2, -0.15) is 0 Å². The van der Waals surface area contributed by atoms with Crippen LogP contribution in [0.15, 0.2) is 18.2 Å². The second-order valence-electron chi connectivity index (χ2n) is 5.62. The number of hydrogen-bond donors (Lipinski definition) is 0. The second-order valence-corrected chi connectivity index (χ2v) is 7.51. The number of halogens is 1. The predicted molar refractivity (Wildman–Crippen MR) is 75.5 cm³/mol. The molecule has 22 heavy (non-hydrogen) atoms. The third-order valence-electron chi connectivity index (χ3n) is 4.10. The molecule has 0 amide bonds. The van der Waals surface area contributed by atoms with Crippen LogP contribution in [-0.2, 0) is 19.6 Å². The molecule has 3 rings (SSSR count). The molecule has 6 nitrogen and oxygen atoms in total. The molecule has 0 N–H and O–H groups in total. The van der Waals surface area contributed by atoms with Gasteiger partial charge in [-0.1, -0.05) is 0 Å². The first-order chi connectivity index (χ1) is 10.3. The second kappa shape index (κ2) is 4.77. The first-order valence-corrected chi connectivity index (χ1v) is 8.32. The third-order valence-corrected chi connectivity index (χ3v) is 5.72. The highest BCUT2D eigenvalue weighted by molar-refractivity contribution is 7.93. The Bertz CT molecular complexity index is 769. The van der Waals surface area contributed by atoms with Crippen LogP contribution in [0.25, 0.3) is 0 Å². The maximum Gasteiger partial charge on any atom is 0.313 e. The zero-order valence-corrected chi connectivity index (χ0v) is 12.7. The summed E-state index contributed by atoms with van der Waals surface area (Å²) in [5, 5.41) is 0. The van der Waals surface area contributed by atoms with E-state index in [1.54, 1.807) is 0 Å². The Morgan fingerprint density at radius 2 is 2.09 bits per heavy atom. The zero-order valence-electron chi connectivity index (χ0n) is 11.8. The largest absolute Gasteiger partial charge is 0.469 e. The standard InChI is InChI=1S/C14H14FNO5S/c1-21-13(18)14(4-5-14)8-16-11-3-2-9(15)6-10(11)12(17)7-22(16,19)20/h2-3,6H,4-5,7-8H2,1H3. The number of carbonyl (C=O) groups is 2. The monoisotopic (exact) mass is 327 g/mol. The highest BCUT2D eigenvalue weighted by atomic mass is 32.2. The van der Waals surface area contributed by atoms with Gasteiger partial charge in [0.1, 0.15) is 11.6 Å². The van der Waals surface area contributed by atoms with Gasteiger partial charge in [0.15, 0.2) is 5.78 Å². The van der Waals surface area contributed by atoms with Crippen molar-refractivity contribution < 1.29 is 27.1 Å². The predicted octanol–water partition coefficient (Wildman–Crippen LogP) is 1.11. The molecule has 0 radical (unpaired) electrons. The summed E-state index contributed by atoms with van der Waals surface area (Å²) < 4.78 is 43.7. The number of anilines is 1. The van der Waals surface area contributed by atoms with E-state index in [-0.39, 0.29) is 17.8 Å². The number of fused-ring (bicyclic) bond motifs is 1. The van der Waals surface area contributed by atoms with Gasteiger partial charge in [0, 0.05) is 5.56 Å². The van der Waals surface area contributed by atoms with E-state index in [1.165, 1.54) is 13.2 Å². The van der Waals surface area contributed by atoms with E-state index < -0.39 is 38.8 Å². The molecule has 1 heterocycles. The minimum absolute atomic E-state index is 0.0236. The van der Waals surface area contributed by atoms with Crippen LogP contribution in [0.4, 0.5) is 10.1 Å². The zero-order chi connectivity index (χ0) is 16.1. The summed E-state index contributed by atoms with van der Waals surface area (Å²) in [5.74, 6) is -2.45. The summed E-state index contributed by atoms with van der Waals surface area (Å²) in [7, 11) is -2.63. The third kappa shape index (κ3) is 2.27. The minimum Gasteiger partial charge on any atom is -0.469 e. The molecule has 0 bridgehead atoms. The van der Waals surface area contributed by atoms with Crippen LogP contribution >= 0.6 is 0 Å². The maximum absolute atomic E-state index is 13.3. The number of hydrogen-bond acceptors (Lipinski definition) is 5. The summed E-state index contributed by atoms with van der Waals surface area (Å²) >= 11 is 0. The van der Waals surface area contributed by atoms with Gasteiger partial charge >= 0.3 is 5.97 Å². The van der Waals surface area contributed by atoms with E-state index >= 15 is 0 Å². The van der Waals surface area contributed by atoms with E-state index in [0.29, 0.717) is 12.8 Å². The van der Waals surface area contributed by atoms with Crippen LogP contribution in [0, 0.1) is 11.2 Å². The molecule has 1 saturated carbocycles. The Kier molecular flexibility index (Phi) is 3.24. The summed E-state index contributed by atoms with van der Waals surface area (Å²) in [4.78, 5) is 23.7. The number of Topliss-reactive ketones (excluding diaryl/α,β-unsaturated/α-hetero) is 1. The normalized spacial score (nSPS) is 21.2. The smallest absolute Gasteiger partial charge is 0.313 e. The highest BCUT2D eigenvalue weighted by Crippen LogP contribution is 2.49. The van der Waals surface area contributed by atoms with Crippen LogP contribution in [0.1, 0.15) is 23.2 Å². The summed E-state index contributed by atoms with van der Waals surface area (Å²) in [6.07, 6.45) is 1.05. The van der Waals surface area contributed by atoms with Crippen molar-refractivity contribution in [1.82, 2.24) is 0 Å². The van der Waals surface area contributed by atoms with E-state index in [9.17, 15) is 22.4 Å². The minimum atomic E-state index is -3.88. The number of benzene rings is 1. The number of sulfonamides is 1. The lowest BCUT2D eigenvalue weighted by Gasteiger charge is -2.32. The first-order valence-electron chi connectivity index (χ1n) is 6.71. The number of esters is 1. The van der Waals surface area contributed by atoms with Gasteiger partial charge in [-0.15, -0.1) is 0 Å². The summed E-state index contributed by atoms with van der Waals surface area (Å²) in [6, 6.07) is 3.38. The van der Waals surface area contributed by atoms with E-state index in [0.717, 1.165) is 16.4 Å². The SMILES string of the molecule is COC(=O)C1(CN2c3ccc(F)cc3C(=O)CS2(=O)=O)CC1. The number of ether oxygens (including phenoxy) is 1. The van der Waals surface area contributed by atoms with Gasteiger partial charge in [0.2, 0.25) is 10.0 Å². The topological polar surface area (TPSA) is 80.8 Å². The number of carbonyl (C=O) groups excluding carboxylic acids is 2.